The summed E-state index contributed by atoms with van der Waals surface area (Å²) >= 11 is 0. The van der Waals surface area contributed by atoms with Gasteiger partial charge in [-0.25, -0.2) is 4.79 Å². The Morgan fingerprint density at radius 3 is 2.76 bits per heavy atom. The zero-order chi connectivity index (χ0) is 12.4. The monoisotopic (exact) mass is 236 g/mol. The minimum Gasteiger partial charge on any atom is -0.508 e. The number of rotatable bonds is 2. The third-order valence-corrected chi connectivity index (χ3v) is 3.11. The van der Waals surface area contributed by atoms with Gasteiger partial charge in [0.25, 0.3) is 0 Å². The second kappa shape index (κ2) is 4.63. The van der Waals surface area contributed by atoms with Crippen LogP contribution in [0.15, 0.2) is 12.1 Å². The Hall–Kier alpha value is -1.75. The molecule has 0 aliphatic carbocycles. The summed E-state index contributed by atoms with van der Waals surface area (Å²) in [6.45, 7) is 0.907. The highest BCUT2D eigenvalue weighted by atomic mass is 16.4. The van der Waals surface area contributed by atoms with E-state index >= 15 is 0 Å². The minimum atomic E-state index is -1.12. The Labute approximate surface area is 99.3 Å². The van der Waals surface area contributed by atoms with Crippen molar-refractivity contribution in [3.63, 3.8) is 0 Å². The van der Waals surface area contributed by atoms with Crippen molar-refractivity contribution >= 4 is 11.7 Å². The first-order valence-electron chi connectivity index (χ1n) is 5.68. The summed E-state index contributed by atoms with van der Waals surface area (Å²) in [5.74, 6) is -1.13. The fourth-order valence-corrected chi connectivity index (χ4v) is 2.20. The molecule has 0 radical (unpaired) electrons. The third kappa shape index (κ3) is 2.34. The lowest BCUT2D eigenvalue weighted by Crippen LogP contribution is -2.27. The largest absolute Gasteiger partial charge is 0.508 e. The molecular formula is C12H16N2O3. The van der Waals surface area contributed by atoms with Crippen LogP contribution in [0.5, 0.6) is 5.75 Å². The van der Waals surface area contributed by atoms with Crippen LogP contribution in [0, 0.1) is 0 Å². The molecular weight excluding hydrogens is 220 g/mol. The lowest BCUT2D eigenvalue weighted by atomic mass is 9.95. The topological polar surface area (TPSA) is 95.6 Å². The highest BCUT2D eigenvalue weighted by molar-refractivity contribution is 5.94. The number of anilines is 1. The number of benzene rings is 1. The van der Waals surface area contributed by atoms with E-state index < -0.39 is 5.97 Å². The fraction of sp³-hybridized carbons (Fsp3) is 0.417. The molecule has 1 aliphatic heterocycles. The summed E-state index contributed by atoms with van der Waals surface area (Å²) in [7, 11) is 0. The number of nitrogens with one attached hydrogen (secondary N) is 1. The van der Waals surface area contributed by atoms with Gasteiger partial charge < -0.3 is 21.3 Å². The molecule has 1 heterocycles. The first-order valence-corrected chi connectivity index (χ1v) is 5.68. The van der Waals surface area contributed by atoms with E-state index in [0.717, 1.165) is 25.8 Å². The summed E-state index contributed by atoms with van der Waals surface area (Å²) in [5.41, 5.74) is 6.50. The van der Waals surface area contributed by atoms with Crippen molar-refractivity contribution in [3.8, 4) is 5.75 Å². The third-order valence-electron chi connectivity index (χ3n) is 3.11. The lowest BCUT2D eigenvalue weighted by molar-refractivity contribution is 0.0697. The van der Waals surface area contributed by atoms with Crippen LogP contribution in [0.25, 0.3) is 0 Å². The Bertz CT molecular complexity index is 440. The van der Waals surface area contributed by atoms with Gasteiger partial charge in [0.1, 0.15) is 5.75 Å². The smallest absolute Gasteiger partial charge is 0.337 e. The van der Waals surface area contributed by atoms with E-state index in [2.05, 4.69) is 5.32 Å². The zero-order valence-corrected chi connectivity index (χ0v) is 9.44. The van der Waals surface area contributed by atoms with Gasteiger partial charge in [0.05, 0.1) is 5.56 Å². The minimum absolute atomic E-state index is 0.00370. The molecule has 0 bridgehead atoms. The number of aromatic hydroxyl groups is 1. The Morgan fingerprint density at radius 2 is 2.18 bits per heavy atom. The van der Waals surface area contributed by atoms with Crippen LogP contribution >= 0.6 is 0 Å². The molecule has 92 valence electrons. The number of carboxylic acid groups (broad SMARTS) is 1. The first-order chi connectivity index (χ1) is 8.09. The van der Waals surface area contributed by atoms with E-state index in [1.54, 1.807) is 6.07 Å². The maximum absolute atomic E-state index is 10.9. The van der Waals surface area contributed by atoms with Gasteiger partial charge in [-0.2, -0.15) is 0 Å². The Morgan fingerprint density at radius 1 is 1.41 bits per heavy atom. The highest BCUT2D eigenvalue weighted by Crippen LogP contribution is 2.33. The van der Waals surface area contributed by atoms with Crippen molar-refractivity contribution in [2.24, 2.45) is 0 Å². The Balaban J connectivity index is 2.35. The van der Waals surface area contributed by atoms with Crippen LogP contribution in [-0.4, -0.2) is 22.7 Å². The Kier molecular flexibility index (Phi) is 3.19. The molecule has 1 aliphatic rings. The van der Waals surface area contributed by atoms with Gasteiger partial charge in [-0.05, 0) is 31.5 Å². The summed E-state index contributed by atoms with van der Waals surface area (Å²) < 4.78 is 0. The van der Waals surface area contributed by atoms with E-state index in [0.29, 0.717) is 5.56 Å². The van der Waals surface area contributed by atoms with Gasteiger partial charge in [0.15, 0.2) is 0 Å². The molecule has 1 saturated heterocycles. The summed E-state index contributed by atoms with van der Waals surface area (Å²) in [4.78, 5) is 10.9. The molecule has 1 aromatic carbocycles. The molecule has 5 heteroatoms. The maximum Gasteiger partial charge on any atom is 0.337 e. The quantitative estimate of drug-likeness (QED) is 0.461. The summed E-state index contributed by atoms with van der Waals surface area (Å²) in [5, 5.41) is 22.0. The SMILES string of the molecule is Nc1cc([C@@H]2CCCCN2)c(O)cc1C(=O)O. The van der Waals surface area contributed by atoms with E-state index in [4.69, 9.17) is 10.8 Å². The number of phenolic OH excluding ortho intramolecular Hbond substituents is 1. The van der Waals surface area contributed by atoms with Crippen molar-refractivity contribution in [1.82, 2.24) is 5.32 Å². The number of carbonyl (C=O) groups is 1. The number of aromatic carboxylic acids is 1. The fourth-order valence-electron chi connectivity index (χ4n) is 2.20. The van der Waals surface area contributed by atoms with Crippen LogP contribution in [0.1, 0.15) is 41.2 Å². The molecule has 0 unspecified atom stereocenters. The first kappa shape index (κ1) is 11.7. The number of piperidine rings is 1. The average Bonchev–Trinajstić information content (AvgIpc) is 2.32. The molecule has 0 amide bonds. The van der Waals surface area contributed by atoms with Gasteiger partial charge in [0.2, 0.25) is 0 Å². The number of hydrogen-bond donors (Lipinski definition) is 4. The highest BCUT2D eigenvalue weighted by Gasteiger charge is 2.20. The molecule has 1 fully saturated rings. The van der Waals surface area contributed by atoms with Crippen LogP contribution in [0.4, 0.5) is 5.69 Å². The van der Waals surface area contributed by atoms with Gasteiger partial charge >= 0.3 is 5.97 Å². The molecule has 1 atom stereocenters. The van der Waals surface area contributed by atoms with E-state index in [1.807, 2.05) is 0 Å². The number of nitrogen functional groups attached to an aromatic ring is 1. The van der Waals surface area contributed by atoms with Crippen molar-refractivity contribution in [3.05, 3.63) is 23.3 Å². The molecule has 17 heavy (non-hydrogen) atoms. The standard InChI is InChI=1S/C12H16N2O3/c13-9-5-8(10-3-1-2-4-14-10)11(15)6-7(9)12(16)17/h5-6,10,14-15H,1-4,13H2,(H,16,17)/t10-/m0/s1. The van der Waals surface area contributed by atoms with Crippen molar-refractivity contribution in [1.29, 1.82) is 0 Å². The summed E-state index contributed by atoms with van der Waals surface area (Å²) in [6, 6.07) is 2.85. The zero-order valence-electron chi connectivity index (χ0n) is 9.44. The van der Waals surface area contributed by atoms with Gasteiger partial charge in [-0.1, -0.05) is 6.42 Å². The number of nitrogens with two attached hydrogens (primary N) is 1. The lowest BCUT2D eigenvalue weighted by Gasteiger charge is -2.25. The normalized spacial score (nSPS) is 20.1. The maximum atomic E-state index is 10.9. The van der Waals surface area contributed by atoms with Crippen molar-refractivity contribution in [2.45, 2.75) is 25.3 Å². The molecule has 5 nitrogen and oxygen atoms in total. The van der Waals surface area contributed by atoms with Crippen molar-refractivity contribution < 1.29 is 15.0 Å². The molecule has 5 N–H and O–H groups in total. The van der Waals surface area contributed by atoms with Crippen LogP contribution < -0.4 is 11.1 Å². The molecule has 1 aromatic rings. The summed E-state index contributed by atoms with van der Waals surface area (Å²) in [6.07, 6.45) is 3.15. The average molecular weight is 236 g/mol. The van der Waals surface area contributed by atoms with Crippen LogP contribution in [0.3, 0.4) is 0 Å². The number of carboxylic acids is 1. The predicted octanol–water partition coefficient (Wildman–Crippen LogP) is 1.49. The molecule has 0 spiro atoms. The second-order valence-corrected chi connectivity index (χ2v) is 4.31. The van der Waals surface area contributed by atoms with Crippen LogP contribution in [0.2, 0.25) is 0 Å². The van der Waals surface area contributed by atoms with E-state index in [-0.39, 0.29) is 23.0 Å². The molecule has 2 rings (SSSR count). The number of hydrogen-bond acceptors (Lipinski definition) is 4. The number of phenols is 1. The van der Waals surface area contributed by atoms with Gasteiger partial charge in [-0.15, -0.1) is 0 Å². The molecule has 0 aromatic heterocycles. The van der Waals surface area contributed by atoms with Gasteiger partial charge in [0, 0.05) is 17.3 Å². The van der Waals surface area contributed by atoms with Gasteiger partial charge in [-0.3, -0.25) is 0 Å². The molecule has 0 saturated carbocycles. The van der Waals surface area contributed by atoms with Crippen LogP contribution in [-0.2, 0) is 0 Å². The van der Waals surface area contributed by atoms with Crippen molar-refractivity contribution in [2.75, 3.05) is 12.3 Å². The van der Waals surface area contributed by atoms with E-state index in [1.165, 1.54) is 6.07 Å². The van der Waals surface area contributed by atoms with E-state index in [9.17, 15) is 9.90 Å². The predicted molar refractivity (Wildman–Crippen MR) is 64.1 cm³/mol. The second-order valence-electron chi connectivity index (χ2n) is 4.31.